The number of fused-ring (bicyclic) bond motifs is 1. The van der Waals surface area contributed by atoms with E-state index in [4.69, 9.17) is 15.6 Å². The molecule has 120 valence electrons. The van der Waals surface area contributed by atoms with E-state index in [9.17, 15) is 0 Å². The average Bonchev–Trinajstić information content (AvgIpc) is 2.86. The summed E-state index contributed by atoms with van der Waals surface area (Å²) < 4.78 is 0. The zero-order chi connectivity index (χ0) is 16.8. The highest BCUT2D eigenvalue weighted by atomic mass is 16.4. The van der Waals surface area contributed by atoms with E-state index in [1.807, 2.05) is 25.1 Å². The molecule has 0 saturated heterocycles. The van der Waals surface area contributed by atoms with E-state index < -0.39 is 5.97 Å². The van der Waals surface area contributed by atoms with Gasteiger partial charge in [0.15, 0.2) is 5.65 Å². The molecular weight excluding hydrogens is 294 g/mol. The van der Waals surface area contributed by atoms with Gasteiger partial charge in [0.2, 0.25) is 0 Å². The molecule has 3 aromatic rings. The number of nitrogens with zero attached hydrogens (tertiary/aromatic N) is 3. The van der Waals surface area contributed by atoms with E-state index in [1.165, 1.54) is 0 Å². The van der Waals surface area contributed by atoms with Crippen LogP contribution in [0.15, 0.2) is 30.5 Å². The van der Waals surface area contributed by atoms with Crippen molar-refractivity contribution in [1.29, 1.82) is 0 Å². The Bertz CT molecular complexity index is 756. The van der Waals surface area contributed by atoms with Crippen LogP contribution in [0.3, 0.4) is 0 Å². The molecule has 0 aliphatic rings. The third-order valence-electron chi connectivity index (χ3n) is 2.97. The van der Waals surface area contributed by atoms with Gasteiger partial charge in [0.05, 0.1) is 5.52 Å². The molecule has 0 saturated carbocycles. The number of rotatable bonds is 3. The minimum Gasteiger partial charge on any atom is -0.481 e. The zero-order valence-corrected chi connectivity index (χ0v) is 13.1. The second-order valence-corrected chi connectivity index (χ2v) is 5.14. The highest BCUT2D eigenvalue weighted by Crippen LogP contribution is 2.11. The lowest BCUT2D eigenvalue weighted by molar-refractivity contribution is -0.134. The number of nitrogens with two attached hydrogens (primary N) is 1. The van der Waals surface area contributed by atoms with Gasteiger partial charge in [-0.3, -0.25) is 4.79 Å². The van der Waals surface area contributed by atoms with Crippen molar-refractivity contribution in [2.45, 2.75) is 26.7 Å². The predicted octanol–water partition coefficient (Wildman–Crippen LogP) is 2.12. The van der Waals surface area contributed by atoms with Crippen molar-refractivity contribution in [3.63, 3.8) is 0 Å². The Balaban J connectivity index is 0.000000433. The van der Waals surface area contributed by atoms with Crippen molar-refractivity contribution in [3.8, 4) is 0 Å². The van der Waals surface area contributed by atoms with Crippen LogP contribution in [0.1, 0.15) is 24.0 Å². The molecule has 0 aliphatic carbocycles. The second kappa shape index (κ2) is 7.35. The molecule has 3 heterocycles. The fourth-order valence-corrected chi connectivity index (χ4v) is 2.16. The molecule has 3 aromatic heterocycles. The minimum atomic E-state index is -0.833. The topological polar surface area (TPSA) is 118 Å². The molecule has 3 rings (SSSR count). The monoisotopic (exact) mass is 313 g/mol. The lowest BCUT2D eigenvalue weighted by Crippen LogP contribution is -2.00. The average molecular weight is 313 g/mol. The number of nitrogens with one attached hydrogen (secondary N) is 1. The van der Waals surface area contributed by atoms with Crippen LogP contribution in [0.4, 0.5) is 5.82 Å². The lowest BCUT2D eigenvalue weighted by Gasteiger charge is -2.02. The lowest BCUT2D eigenvalue weighted by atomic mass is 10.1. The van der Waals surface area contributed by atoms with Gasteiger partial charge in [-0.25, -0.2) is 15.0 Å². The molecule has 0 fully saturated rings. The first-order chi connectivity index (χ1) is 10.9. The third-order valence-corrected chi connectivity index (χ3v) is 2.97. The molecule has 0 amide bonds. The number of pyridine rings is 2. The summed E-state index contributed by atoms with van der Waals surface area (Å²) in [6.07, 6.45) is 3.35. The minimum absolute atomic E-state index is 0.571. The third kappa shape index (κ3) is 5.06. The molecule has 0 atom stereocenters. The van der Waals surface area contributed by atoms with Crippen LogP contribution in [0.25, 0.3) is 11.2 Å². The molecule has 0 bridgehead atoms. The van der Waals surface area contributed by atoms with Crippen LogP contribution in [0, 0.1) is 6.92 Å². The Morgan fingerprint density at radius 2 is 2.04 bits per heavy atom. The summed E-state index contributed by atoms with van der Waals surface area (Å²) in [6.45, 7) is 3.10. The molecule has 4 N–H and O–H groups in total. The van der Waals surface area contributed by atoms with Crippen LogP contribution >= 0.6 is 0 Å². The van der Waals surface area contributed by atoms with Crippen molar-refractivity contribution in [1.82, 2.24) is 19.9 Å². The number of hydrogen-bond donors (Lipinski definition) is 3. The summed E-state index contributed by atoms with van der Waals surface area (Å²) >= 11 is 0. The van der Waals surface area contributed by atoms with E-state index in [0.29, 0.717) is 5.82 Å². The molecule has 23 heavy (non-hydrogen) atoms. The molecule has 7 nitrogen and oxygen atoms in total. The molecule has 0 spiro atoms. The smallest absolute Gasteiger partial charge is 0.300 e. The second-order valence-electron chi connectivity index (χ2n) is 5.14. The van der Waals surface area contributed by atoms with Crippen LogP contribution in [0.5, 0.6) is 0 Å². The van der Waals surface area contributed by atoms with E-state index in [1.54, 1.807) is 6.20 Å². The number of anilines is 1. The van der Waals surface area contributed by atoms with Crippen molar-refractivity contribution >= 4 is 23.0 Å². The van der Waals surface area contributed by atoms with Gasteiger partial charge in [-0.05, 0) is 43.2 Å². The van der Waals surface area contributed by atoms with Crippen molar-refractivity contribution in [2.24, 2.45) is 0 Å². The first-order valence-corrected chi connectivity index (χ1v) is 7.16. The van der Waals surface area contributed by atoms with Crippen molar-refractivity contribution in [2.75, 3.05) is 5.73 Å². The maximum atomic E-state index is 9.00. The number of H-pyrrole nitrogens is 1. The highest BCUT2D eigenvalue weighted by molar-refractivity contribution is 5.69. The largest absolute Gasteiger partial charge is 0.481 e. The van der Waals surface area contributed by atoms with Crippen LogP contribution in [0.2, 0.25) is 0 Å². The summed E-state index contributed by atoms with van der Waals surface area (Å²) in [7, 11) is 0. The number of imidazole rings is 1. The number of aliphatic carboxylic acids is 1. The number of aromatic nitrogens is 4. The number of carboxylic acid groups (broad SMARTS) is 1. The molecular formula is C16H19N5O2. The molecule has 7 heteroatoms. The van der Waals surface area contributed by atoms with Gasteiger partial charge < -0.3 is 15.8 Å². The van der Waals surface area contributed by atoms with Crippen molar-refractivity contribution < 1.29 is 9.90 Å². The quantitative estimate of drug-likeness (QED) is 0.681. The van der Waals surface area contributed by atoms with Crippen LogP contribution in [-0.4, -0.2) is 31.0 Å². The Morgan fingerprint density at radius 3 is 2.70 bits per heavy atom. The summed E-state index contributed by atoms with van der Waals surface area (Å²) in [5.41, 5.74) is 9.60. The molecule has 0 radical (unpaired) electrons. The maximum Gasteiger partial charge on any atom is 0.300 e. The maximum absolute atomic E-state index is 9.00. The Labute approximate surface area is 133 Å². The van der Waals surface area contributed by atoms with Gasteiger partial charge in [-0.2, -0.15) is 0 Å². The number of carboxylic acids is 1. The molecule has 0 aliphatic heterocycles. The number of nitrogen functional groups attached to an aromatic ring is 1. The summed E-state index contributed by atoms with van der Waals surface area (Å²) in [5, 5.41) is 7.42. The Hall–Kier alpha value is -2.96. The number of hydrogen-bond acceptors (Lipinski definition) is 5. The van der Waals surface area contributed by atoms with E-state index in [2.05, 4.69) is 26.0 Å². The Morgan fingerprint density at radius 1 is 1.30 bits per heavy atom. The van der Waals surface area contributed by atoms with Gasteiger partial charge in [-0.15, -0.1) is 0 Å². The normalized spacial score (nSPS) is 10.2. The fraction of sp³-hybridized carbons (Fsp3) is 0.250. The summed E-state index contributed by atoms with van der Waals surface area (Å²) in [5.74, 6) is 0.664. The zero-order valence-electron chi connectivity index (χ0n) is 13.1. The Kier molecular flexibility index (Phi) is 5.24. The fourth-order valence-electron chi connectivity index (χ4n) is 2.16. The summed E-state index contributed by atoms with van der Waals surface area (Å²) in [6, 6.07) is 7.79. The molecule has 0 unspecified atom stereocenters. The van der Waals surface area contributed by atoms with Crippen molar-refractivity contribution in [3.05, 3.63) is 47.5 Å². The van der Waals surface area contributed by atoms with Gasteiger partial charge in [-0.1, -0.05) is 0 Å². The summed E-state index contributed by atoms with van der Waals surface area (Å²) in [4.78, 5) is 25.2. The number of aryl methyl sites for hydroxylation is 3. The van der Waals surface area contributed by atoms with E-state index in [0.717, 1.165) is 48.0 Å². The van der Waals surface area contributed by atoms with Crippen LogP contribution in [-0.2, 0) is 17.6 Å². The SMILES string of the molecule is CC(=O)O.Cc1cc(N)nc(CCc2nc3ncccc3[nH]2)c1. The highest BCUT2D eigenvalue weighted by Gasteiger charge is 2.05. The van der Waals surface area contributed by atoms with E-state index in [-0.39, 0.29) is 0 Å². The number of carbonyl (C=O) groups is 1. The van der Waals surface area contributed by atoms with Crippen LogP contribution < -0.4 is 5.73 Å². The molecule has 0 aromatic carbocycles. The van der Waals surface area contributed by atoms with Gasteiger partial charge in [0.25, 0.3) is 5.97 Å². The predicted molar refractivity (Wildman–Crippen MR) is 88.0 cm³/mol. The first-order valence-electron chi connectivity index (χ1n) is 7.16. The van der Waals surface area contributed by atoms with Gasteiger partial charge >= 0.3 is 0 Å². The standard InChI is InChI=1S/C14H15N5.C2H4O2/c1-9-7-10(17-12(15)8-9)4-5-13-18-11-3-2-6-16-14(11)19-13;1-2(3)4/h2-3,6-8H,4-5H2,1H3,(H2,15,17)(H,16,18,19);1H3,(H,3,4). The van der Waals surface area contributed by atoms with Gasteiger partial charge in [0.1, 0.15) is 11.6 Å². The van der Waals surface area contributed by atoms with Gasteiger partial charge in [0, 0.05) is 25.2 Å². The first kappa shape index (κ1) is 16.4. The number of aromatic amines is 1. The van der Waals surface area contributed by atoms with E-state index >= 15 is 0 Å².